The van der Waals surface area contributed by atoms with Crippen molar-refractivity contribution in [3.63, 3.8) is 0 Å². The fraction of sp³-hybridized carbons (Fsp3) is 0.750. The number of anilines is 2. The van der Waals surface area contributed by atoms with Crippen molar-refractivity contribution in [2.75, 3.05) is 36.5 Å². The lowest BCUT2D eigenvalue weighted by molar-refractivity contribution is 0.0820. The number of nitrogens with one attached hydrogen (secondary N) is 1. The number of nitrogens with zero attached hydrogens (tertiary/aromatic N) is 3. The number of hydrogen-bond acceptors (Lipinski definition) is 5. The van der Waals surface area contributed by atoms with Gasteiger partial charge in [-0.2, -0.15) is 0 Å². The first-order valence-electron chi connectivity index (χ1n) is 8.08. The Kier molecular flexibility index (Phi) is 5.79. The van der Waals surface area contributed by atoms with E-state index in [0.717, 1.165) is 50.7 Å². The summed E-state index contributed by atoms with van der Waals surface area (Å²) in [6, 6.07) is 0. The van der Waals surface area contributed by atoms with Crippen LogP contribution in [0.4, 0.5) is 11.6 Å². The lowest BCUT2D eigenvalue weighted by Gasteiger charge is -2.27. The molecule has 1 aromatic rings. The molecule has 0 aromatic carbocycles. The molecule has 1 fully saturated rings. The lowest BCUT2D eigenvalue weighted by Crippen LogP contribution is -2.32. The molecule has 21 heavy (non-hydrogen) atoms. The van der Waals surface area contributed by atoms with Crippen LogP contribution in [-0.2, 0) is 4.74 Å². The van der Waals surface area contributed by atoms with Crippen molar-refractivity contribution in [1.29, 1.82) is 0 Å². The third-order valence-corrected chi connectivity index (χ3v) is 3.73. The molecule has 2 rings (SSSR count). The van der Waals surface area contributed by atoms with Crippen LogP contribution in [0.15, 0.2) is 6.33 Å². The zero-order chi connectivity index (χ0) is 15.2. The molecule has 1 unspecified atom stereocenters. The minimum atomic E-state index is 0.245. The van der Waals surface area contributed by atoms with Crippen LogP contribution in [0.2, 0.25) is 0 Å². The van der Waals surface area contributed by atoms with Gasteiger partial charge in [-0.15, -0.1) is 0 Å². The van der Waals surface area contributed by atoms with Gasteiger partial charge in [0.05, 0.1) is 6.10 Å². The highest BCUT2D eigenvalue weighted by atomic mass is 16.5. The largest absolute Gasteiger partial charge is 0.377 e. The highest BCUT2D eigenvalue weighted by molar-refractivity contribution is 5.60. The normalized spacial score (nSPS) is 19.7. The van der Waals surface area contributed by atoms with Crippen molar-refractivity contribution >= 4 is 11.6 Å². The predicted octanol–water partition coefficient (Wildman–Crippen LogP) is 3.04. The van der Waals surface area contributed by atoms with Crippen LogP contribution in [0.3, 0.4) is 0 Å². The van der Waals surface area contributed by atoms with Gasteiger partial charge in [0.2, 0.25) is 0 Å². The Morgan fingerprint density at radius 2 is 2.24 bits per heavy atom. The molecule has 0 radical (unpaired) electrons. The van der Waals surface area contributed by atoms with E-state index >= 15 is 0 Å². The Hall–Kier alpha value is -1.36. The van der Waals surface area contributed by atoms with Gasteiger partial charge in [0, 0.05) is 31.8 Å². The Morgan fingerprint density at radius 1 is 1.43 bits per heavy atom. The average molecular weight is 292 g/mol. The van der Waals surface area contributed by atoms with Crippen LogP contribution < -0.4 is 10.2 Å². The van der Waals surface area contributed by atoms with E-state index in [1.54, 1.807) is 6.33 Å². The van der Waals surface area contributed by atoms with Crippen LogP contribution in [0, 0.1) is 0 Å². The maximum atomic E-state index is 5.75. The van der Waals surface area contributed by atoms with Crippen LogP contribution in [0.1, 0.15) is 52.0 Å². The van der Waals surface area contributed by atoms with Gasteiger partial charge >= 0.3 is 0 Å². The second-order valence-corrected chi connectivity index (χ2v) is 6.02. The summed E-state index contributed by atoms with van der Waals surface area (Å²) < 4.78 is 5.75. The number of ether oxygens (including phenoxy) is 1. The number of aromatic nitrogens is 2. The summed E-state index contributed by atoms with van der Waals surface area (Å²) in [6.45, 7) is 12.4. The quantitative estimate of drug-likeness (QED) is 0.904. The maximum Gasteiger partial charge on any atom is 0.137 e. The first-order chi connectivity index (χ1) is 10.1. The van der Waals surface area contributed by atoms with Gasteiger partial charge in [-0.1, -0.05) is 20.8 Å². The first kappa shape index (κ1) is 16.0. The van der Waals surface area contributed by atoms with Crippen LogP contribution in [0.5, 0.6) is 0 Å². The van der Waals surface area contributed by atoms with Gasteiger partial charge in [-0.25, -0.2) is 9.97 Å². The third kappa shape index (κ3) is 4.06. The van der Waals surface area contributed by atoms with Gasteiger partial charge in [0.1, 0.15) is 18.0 Å². The molecule has 5 heteroatoms. The topological polar surface area (TPSA) is 50.3 Å². The fourth-order valence-electron chi connectivity index (χ4n) is 2.74. The van der Waals surface area contributed by atoms with E-state index in [-0.39, 0.29) is 6.10 Å². The van der Waals surface area contributed by atoms with E-state index in [9.17, 15) is 0 Å². The van der Waals surface area contributed by atoms with Gasteiger partial charge in [0.15, 0.2) is 0 Å². The molecule has 1 N–H and O–H groups in total. The monoisotopic (exact) mass is 292 g/mol. The Bertz CT molecular complexity index is 450. The molecule has 2 heterocycles. The first-order valence-corrected chi connectivity index (χ1v) is 8.08. The molecule has 0 saturated carbocycles. The molecular formula is C16H28N4O. The Morgan fingerprint density at radius 3 is 2.95 bits per heavy atom. The average Bonchev–Trinajstić information content (AvgIpc) is 2.69. The SMILES string of the molecule is CCCNc1ncnc(N2CCCOC(C)C2)c1C(C)C. The highest BCUT2D eigenvalue weighted by Gasteiger charge is 2.22. The van der Waals surface area contributed by atoms with Crippen molar-refractivity contribution in [1.82, 2.24) is 9.97 Å². The van der Waals surface area contributed by atoms with E-state index in [4.69, 9.17) is 4.74 Å². The minimum Gasteiger partial charge on any atom is -0.377 e. The van der Waals surface area contributed by atoms with E-state index in [2.05, 4.69) is 47.9 Å². The molecule has 0 bridgehead atoms. The van der Waals surface area contributed by atoms with Gasteiger partial charge < -0.3 is 15.0 Å². The molecule has 118 valence electrons. The molecule has 5 nitrogen and oxygen atoms in total. The summed E-state index contributed by atoms with van der Waals surface area (Å²) in [4.78, 5) is 11.4. The van der Waals surface area contributed by atoms with E-state index < -0.39 is 0 Å². The molecule has 1 aliphatic heterocycles. The van der Waals surface area contributed by atoms with Crippen LogP contribution in [-0.4, -0.2) is 42.3 Å². The van der Waals surface area contributed by atoms with E-state index in [1.165, 1.54) is 5.56 Å². The Labute approximate surface area is 128 Å². The summed E-state index contributed by atoms with van der Waals surface area (Å²) >= 11 is 0. The van der Waals surface area contributed by atoms with Crippen molar-refractivity contribution in [3.05, 3.63) is 11.9 Å². The molecule has 0 spiro atoms. The second kappa shape index (κ2) is 7.59. The van der Waals surface area contributed by atoms with Crippen molar-refractivity contribution < 1.29 is 4.74 Å². The number of rotatable bonds is 5. The highest BCUT2D eigenvalue weighted by Crippen LogP contribution is 2.31. The summed E-state index contributed by atoms with van der Waals surface area (Å²) in [5.74, 6) is 2.44. The molecule has 1 aromatic heterocycles. The standard InChI is InChI=1S/C16H28N4O/c1-5-7-17-15-14(12(2)3)16(19-11-18-15)20-8-6-9-21-13(4)10-20/h11-13H,5-10H2,1-4H3,(H,17,18,19). The van der Waals surface area contributed by atoms with Gasteiger partial charge in [0.25, 0.3) is 0 Å². The summed E-state index contributed by atoms with van der Waals surface area (Å²) in [5.41, 5.74) is 1.22. The van der Waals surface area contributed by atoms with Crippen molar-refractivity contribution in [2.24, 2.45) is 0 Å². The molecule has 1 atom stereocenters. The van der Waals surface area contributed by atoms with Gasteiger partial charge in [-0.3, -0.25) is 0 Å². The minimum absolute atomic E-state index is 0.245. The van der Waals surface area contributed by atoms with Crippen molar-refractivity contribution in [2.45, 2.75) is 52.6 Å². The summed E-state index contributed by atoms with van der Waals surface area (Å²) in [6.07, 6.45) is 4.06. The van der Waals surface area contributed by atoms with Crippen LogP contribution in [0.25, 0.3) is 0 Å². The lowest BCUT2D eigenvalue weighted by atomic mass is 10.0. The van der Waals surface area contributed by atoms with Crippen molar-refractivity contribution in [3.8, 4) is 0 Å². The molecular weight excluding hydrogens is 264 g/mol. The molecule has 0 aliphatic carbocycles. The summed E-state index contributed by atoms with van der Waals surface area (Å²) in [7, 11) is 0. The predicted molar refractivity (Wildman–Crippen MR) is 87.1 cm³/mol. The fourth-order valence-corrected chi connectivity index (χ4v) is 2.74. The smallest absolute Gasteiger partial charge is 0.137 e. The third-order valence-electron chi connectivity index (χ3n) is 3.73. The van der Waals surface area contributed by atoms with Gasteiger partial charge in [-0.05, 0) is 25.7 Å². The zero-order valence-electron chi connectivity index (χ0n) is 13.7. The van der Waals surface area contributed by atoms with E-state index in [1.807, 2.05) is 0 Å². The second-order valence-electron chi connectivity index (χ2n) is 6.02. The Balaban J connectivity index is 2.32. The zero-order valence-corrected chi connectivity index (χ0v) is 13.7. The molecule has 1 aliphatic rings. The summed E-state index contributed by atoms with van der Waals surface area (Å²) in [5, 5.41) is 3.44. The maximum absolute atomic E-state index is 5.75. The molecule has 0 amide bonds. The number of hydrogen-bond donors (Lipinski definition) is 1. The van der Waals surface area contributed by atoms with Crippen LogP contribution >= 0.6 is 0 Å². The molecule has 1 saturated heterocycles. The van der Waals surface area contributed by atoms with E-state index in [0.29, 0.717) is 5.92 Å².